The van der Waals surface area contributed by atoms with Crippen molar-refractivity contribution in [3.8, 4) is 0 Å². The molecule has 0 bridgehead atoms. The van der Waals surface area contributed by atoms with Gasteiger partial charge in [-0.15, -0.1) is 10.2 Å². The molecular weight excluding hydrogens is 294 g/mol. The standard InChI is InChI=1S/C13H12ClN5O2/c14-10-1-3-11(4-2-10)19-6-9(5-12(19)20)13(21)17-18-7-15-16-8-18/h1-4,7-9H,5-6H2,(H,17,21)/t9-/m0/s1. The summed E-state index contributed by atoms with van der Waals surface area (Å²) in [5.74, 6) is -0.726. The fraction of sp³-hybridized carbons (Fsp3) is 0.231. The van der Waals surface area contributed by atoms with Gasteiger partial charge in [0.15, 0.2) is 0 Å². The largest absolute Gasteiger partial charge is 0.312 e. The van der Waals surface area contributed by atoms with Crippen molar-refractivity contribution in [2.75, 3.05) is 16.9 Å². The van der Waals surface area contributed by atoms with Gasteiger partial charge in [0.25, 0.3) is 0 Å². The fourth-order valence-corrected chi connectivity index (χ4v) is 2.36. The van der Waals surface area contributed by atoms with E-state index in [2.05, 4.69) is 15.6 Å². The third-order valence-electron chi connectivity index (χ3n) is 3.29. The molecule has 0 aliphatic carbocycles. The van der Waals surface area contributed by atoms with Crippen molar-refractivity contribution >= 4 is 29.1 Å². The van der Waals surface area contributed by atoms with Gasteiger partial charge in [-0.2, -0.15) is 0 Å². The van der Waals surface area contributed by atoms with Crippen LogP contribution in [0.2, 0.25) is 5.02 Å². The van der Waals surface area contributed by atoms with Crippen molar-refractivity contribution in [1.29, 1.82) is 0 Å². The number of halogens is 1. The van der Waals surface area contributed by atoms with Gasteiger partial charge in [0.1, 0.15) is 12.7 Å². The number of amides is 2. The summed E-state index contributed by atoms with van der Waals surface area (Å²) in [7, 11) is 0. The fourth-order valence-electron chi connectivity index (χ4n) is 2.23. The van der Waals surface area contributed by atoms with Crippen molar-refractivity contribution in [3.05, 3.63) is 41.9 Å². The maximum Gasteiger partial charge on any atom is 0.244 e. The summed E-state index contributed by atoms with van der Waals surface area (Å²) in [5, 5.41) is 7.80. The highest BCUT2D eigenvalue weighted by atomic mass is 35.5. The number of benzene rings is 1. The summed E-state index contributed by atoms with van der Waals surface area (Å²) in [6.07, 6.45) is 2.94. The van der Waals surface area contributed by atoms with E-state index in [1.54, 1.807) is 29.2 Å². The monoisotopic (exact) mass is 305 g/mol. The van der Waals surface area contributed by atoms with Gasteiger partial charge < -0.3 is 4.90 Å². The summed E-state index contributed by atoms with van der Waals surface area (Å²) in [6.45, 7) is 0.342. The zero-order valence-corrected chi connectivity index (χ0v) is 11.7. The second kappa shape index (κ2) is 5.53. The highest BCUT2D eigenvalue weighted by Gasteiger charge is 2.35. The van der Waals surface area contributed by atoms with E-state index in [1.165, 1.54) is 17.3 Å². The van der Waals surface area contributed by atoms with E-state index < -0.39 is 5.92 Å². The lowest BCUT2D eigenvalue weighted by atomic mass is 10.1. The molecule has 1 fully saturated rings. The van der Waals surface area contributed by atoms with Gasteiger partial charge in [0.05, 0.1) is 5.92 Å². The molecule has 0 saturated carbocycles. The van der Waals surface area contributed by atoms with E-state index in [0.717, 1.165) is 5.69 Å². The van der Waals surface area contributed by atoms with Gasteiger partial charge in [-0.05, 0) is 24.3 Å². The van der Waals surface area contributed by atoms with Crippen LogP contribution in [-0.2, 0) is 9.59 Å². The second-order valence-corrected chi connectivity index (χ2v) is 5.16. The van der Waals surface area contributed by atoms with Crippen LogP contribution in [0.1, 0.15) is 6.42 Å². The van der Waals surface area contributed by atoms with Crippen molar-refractivity contribution in [2.45, 2.75) is 6.42 Å². The first-order valence-corrected chi connectivity index (χ1v) is 6.73. The van der Waals surface area contributed by atoms with Gasteiger partial charge in [0, 0.05) is 23.7 Å². The normalized spacial score (nSPS) is 18.0. The van der Waals surface area contributed by atoms with Crippen molar-refractivity contribution in [1.82, 2.24) is 14.9 Å². The Morgan fingerprint density at radius 2 is 1.90 bits per heavy atom. The minimum absolute atomic E-state index is 0.0822. The molecule has 1 aromatic carbocycles. The molecule has 8 heteroatoms. The Hall–Kier alpha value is -2.41. The van der Waals surface area contributed by atoms with Crippen LogP contribution in [0.4, 0.5) is 5.69 Å². The van der Waals surface area contributed by atoms with E-state index in [4.69, 9.17) is 11.6 Å². The van der Waals surface area contributed by atoms with Crippen LogP contribution >= 0.6 is 11.6 Å². The highest BCUT2D eigenvalue weighted by Crippen LogP contribution is 2.26. The maximum atomic E-state index is 12.1. The lowest BCUT2D eigenvalue weighted by molar-refractivity contribution is -0.123. The van der Waals surface area contributed by atoms with Crippen LogP contribution in [0, 0.1) is 5.92 Å². The van der Waals surface area contributed by atoms with Crippen LogP contribution in [0.3, 0.4) is 0 Å². The molecule has 3 rings (SSSR count). The molecule has 108 valence electrons. The number of aromatic nitrogens is 3. The Kier molecular flexibility index (Phi) is 3.57. The molecule has 2 aromatic rings. The van der Waals surface area contributed by atoms with E-state index in [1.807, 2.05) is 0 Å². The number of anilines is 1. The molecule has 2 heterocycles. The first-order chi connectivity index (χ1) is 10.1. The molecule has 7 nitrogen and oxygen atoms in total. The molecule has 1 aromatic heterocycles. The second-order valence-electron chi connectivity index (χ2n) is 4.73. The maximum absolute atomic E-state index is 12.1. The van der Waals surface area contributed by atoms with Crippen molar-refractivity contribution in [3.63, 3.8) is 0 Å². The Morgan fingerprint density at radius 1 is 1.24 bits per heavy atom. The molecule has 2 amide bonds. The van der Waals surface area contributed by atoms with E-state index in [9.17, 15) is 9.59 Å². The first-order valence-electron chi connectivity index (χ1n) is 6.35. The molecular formula is C13H12ClN5O2. The number of hydrogen-bond donors (Lipinski definition) is 1. The number of nitrogens with zero attached hydrogens (tertiary/aromatic N) is 4. The molecule has 0 spiro atoms. The van der Waals surface area contributed by atoms with Gasteiger partial charge in [-0.3, -0.25) is 15.0 Å². The number of rotatable bonds is 3. The average Bonchev–Trinajstić information content (AvgIpc) is 3.09. The highest BCUT2D eigenvalue weighted by molar-refractivity contribution is 6.30. The van der Waals surface area contributed by atoms with E-state index >= 15 is 0 Å². The number of carbonyl (C=O) groups is 2. The van der Waals surface area contributed by atoms with Crippen LogP contribution in [0.15, 0.2) is 36.9 Å². The van der Waals surface area contributed by atoms with Crippen molar-refractivity contribution in [2.24, 2.45) is 5.92 Å². The molecule has 0 unspecified atom stereocenters. The zero-order valence-electron chi connectivity index (χ0n) is 10.9. The third kappa shape index (κ3) is 2.87. The summed E-state index contributed by atoms with van der Waals surface area (Å²) < 4.78 is 1.36. The van der Waals surface area contributed by atoms with Gasteiger partial charge in [0.2, 0.25) is 11.8 Å². The molecule has 1 aliphatic rings. The smallest absolute Gasteiger partial charge is 0.244 e. The molecule has 21 heavy (non-hydrogen) atoms. The molecule has 0 radical (unpaired) electrons. The SMILES string of the molecule is O=C(Nn1cnnc1)[C@H]1CC(=O)N(c2ccc(Cl)cc2)C1. The topological polar surface area (TPSA) is 80.1 Å². The number of carbonyl (C=O) groups excluding carboxylic acids is 2. The minimum Gasteiger partial charge on any atom is -0.312 e. The Morgan fingerprint density at radius 3 is 2.57 bits per heavy atom. The predicted molar refractivity (Wildman–Crippen MR) is 76.3 cm³/mol. The molecule has 1 atom stereocenters. The Labute approximate surface area is 125 Å². The van der Waals surface area contributed by atoms with E-state index in [-0.39, 0.29) is 18.2 Å². The lowest BCUT2D eigenvalue weighted by Crippen LogP contribution is -2.31. The molecule has 1 aliphatic heterocycles. The first kappa shape index (κ1) is 13.6. The van der Waals surface area contributed by atoms with Gasteiger partial charge in [-0.1, -0.05) is 11.6 Å². The van der Waals surface area contributed by atoms with Crippen molar-refractivity contribution < 1.29 is 9.59 Å². The lowest BCUT2D eigenvalue weighted by Gasteiger charge is -2.16. The van der Waals surface area contributed by atoms with Crippen LogP contribution in [0.5, 0.6) is 0 Å². The van der Waals surface area contributed by atoms with Crippen LogP contribution < -0.4 is 10.3 Å². The van der Waals surface area contributed by atoms with Crippen LogP contribution in [0.25, 0.3) is 0 Å². The van der Waals surface area contributed by atoms with Crippen LogP contribution in [-0.4, -0.2) is 33.2 Å². The van der Waals surface area contributed by atoms with Gasteiger partial charge in [-0.25, -0.2) is 4.68 Å². The predicted octanol–water partition coefficient (Wildman–Crippen LogP) is 1.05. The van der Waals surface area contributed by atoms with Gasteiger partial charge >= 0.3 is 0 Å². The average molecular weight is 306 g/mol. The Bertz CT molecular complexity index is 656. The zero-order chi connectivity index (χ0) is 14.8. The summed E-state index contributed by atoms with van der Waals surface area (Å²) >= 11 is 5.83. The third-order valence-corrected chi connectivity index (χ3v) is 3.54. The Balaban J connectivity index is 1.69. The number of hydrogen-bond acceptors (Lipinski definition) is 4. The summed E-state index contributed by atoms with van der Waals surface area (Å²) in [5.41, 5.74) is 3.36. The quantitative estimate of drug-likeness (QED) is 0.919. The summed E-state index contributed by atoms with van der Waals surface area (Å²) in [4.78, 5) is 25.8. The van der Waals surface area contributed by atoms with E-state index in [0.29, 0.717) is 11.6 Å². The molecule has 1 N–H and O–H groups in total. The molecule has 1 saturated heterocycles. The number of nitrogens with one attached hydrogen (secondary N) is 1. The minimum atomic E-state index is -0.407. The summed E-state index contributed by atoms with van der Waals surface area (Å²) in [6, 6.07) is 6.96.